The monoisotopic (exact) mass is 475 g/mol. The zero-order valence-electron chi connectivity index (χ0n) is 19.6. The molecule has 0 bridgehead atoms. The Hall–Kier alpha value is -5.12. The molecule has 6 heterocycles. The molecule has 10 nitrogen and oxygen atoms in total. The SMILES string of the molecule is COc1ccnc(Nc2nc(-c3nccn3C)nn3cc(-c4cccnc4)c(-c4ccccn4)c23)c1. The second-order valence-electron chi connectivity index (χ2n) is 8.02. The van der Waals surface area contributed by atoms with Gasteiger partial charge in [0.2, 0.25) is 5.82 Å². The van der Waals surface area contributed by atoms with Gasteiger partial charge in [0.25, 0.3) is 0 Å². The summed E-state index contributed by atoms with van der Waals surface area (Å²) in [6.07, 6.45) is 12.6. The van der Waals surface area contributed by atoms with Crippen molar-refractivity contribution in [2.45, 2.75) is 0 Å². The summed E-state index contributed by atoms with van der Waals surface area (Å²) in [5, 5.41) is 8.21. The number of fused-ring (bicyclic) bond motifs is 1. The van der Waals surface area contributed by atoms with Crippen molar-refractivity contribution >= 4 is 17.2 Å². The van der Waals surface area contributed by atoms with Gasteiger partial charge in [0.15, 0.2) is 11.6 Å². The van der Waals surface area contributed by atoms with E-state index in [1.807, 2.05) is 71.1 Å². The fourth-order valence-electron chi connectivity index (χ4n) is 4.08. The molecule has 1 N–H and O–H groups in total. The summed E-state index contributed by atoms with van der Waals surface area (Å²) in [5.41, 5.74) is 4.27. The fourth-order valence-corrected chi connectivity index (χ4v) is 4.08. The molecule has 0 spiro atoms. The zero-order valence-corrected chi connectivity index (χ0v) is 19.6. The predicted octanol–water partition coefficient (Wildman–Crippen LogP) is 4.40. The number of hydrogen-bond donors (Lipinski definition) is 1. The normalized spacial score (nSPS) is 11.1. The largest absolute Gasteiger partial charge is 0.497 e. The van der Waals surface area contributed by atoms with E-state index in [-0.39, 0.29) is 0 Å². The topological polar surface area (TPSA) is 108 Å². The third kappa shape index (κ3) is 3.80. The highest BCUT2D eigenvalue weighted by Gasteiger charge is 2.23. The van der Waals surface area contributed by atoms with Gasteiger partial charge in [0, 0.05) is 73.2 Å². The summed E-state index contributed by atoms with van der Waals surface area (Å²) < 4.78 is 9.07. The highest BCUT2D eigenvalue weighted by molar-refractivity contribution is 5.98. The second kappa shape index (κ2) is 8.91. The molecule has 10 heteroatoms. The number of anilines is 2. The summed E-state index contributed by atoms with van der Waals surface area (Å²) in [6.45, 7) is 0. The molecule has 6 aromatic rings. The van der Waals surface area contributed by atoms with Gasteiger partial charge in [-0.25, -0.2) is 19.5 Å². The molecule has 6 rings (SSSR count). The van der Waals surface area contributed by atoms with Crippen LogP contribution >= 0.6 is 0 Å². The molecule has 36 heavy (non-hydrogen) atoms. The first kappa shape index (κ1) is 21.4. The molecule has 0 saturated carbocycles. The molecule has 0 aliphatic carbocycles. The molecule has 0 unspecified atom stereocenters. The lowest BCUT2D eigenvalue weighted by atomic mass is 10.0. The number of nitrogens with one attached hydrogen (secondary N) is 1. The minimum Gasteiger partial charge on any atom is -0.497 e. The van der Waals surface area contributed by atoms with E-state index in [9.17, 15) is 0 Å². The van der Waals surface area contributed by atoms with E-state index in [1.54, 1.807) is 38.0 Å². The van der Waals surface area contributed by atoms with Crippen LogP contribution in [0.15, 0.2) is 85.8 Å². The first-order valence-electron chi connectivity index (χ1n) is 11.2. The Balaban J connectivity index is 1.66. The van der Waals surface area contributed by atoms with Crippen molar-refractivity contribution in [1.82, 2.24) is 39.1 Å². The molecule has 6 aromatic heterocycles. The number of methoxy groups -OCH3 is 1. The average molecular weight is 476 g/mol. The first-order valence-corrected chi connectivity index (χ1v) is 11.2. The Bertz CT molecular complexity index is 1660. The fraction of sp³-hybridized carbons (Fsp3) is 0.0769. The number of imidazole rings is 1. The lowest BCUT2D eigenvalue weighted by Crippen LogP contribution is -2.07. The van der Waals surface area contributed by atoms with Gasteiger partial charge < -0.3 is 14.6 Å². The van der Waals surface area contributed by atoms with Gasteiger partial charge >= 0.3 is 0 Å². The third-order valence-electron chi connectivity index (χ3n) is 5.76. The molecule has 0 aliphatic heterocycles. The minimum absolute atomic E-state index is 0.459. The number of aromatic nitrogens is 8. The molecule has 0 radical (unpaired) electrons. The quantitative estimate of drug-likeness (QED) is 0.378. The summed E-state index contributed by atoms with van der Waals surface area (Å²) in [4.78, 5) is 22.8. The van der Waals surface area contributed by atoms with Crippen molar-refractivity contribution < 1.29 is 4.74 Å². The van der Waals surface area contributed by atoms with Crippen LogP contribution in [0.5, 0.6) is 5.75 Å². The zero-order chi connectivity index (χ0) is 24.5. The van der Waals surface area contributed by atoms with E-state index in [0.717, 1.165) is 27.9 Å². The highest BCUT2D eigenvalue weighted by atomic mass is 16.5. The Morgan fingerprint density at radius 1 is 0.944 bits per heavy atom. The maximum Gasteiger partial charge on any atom is 0.218 e. The van der Waals surface area contributed by atoms with Crippen molar-refractivity contribution in [2.75, 3.05) is 12.4 Å². The lowest BCUT2D eigenvalue weighted by Gasteiger charge is -2.12. The Morgan fingerprint density at radius 3 is 2.64 bits per heavy atom. The van der Waals surface area contributed by atoms with Crippen LogP contribution < -0.4 is 10.1 Å². The molecule has 0 amide bonds. The van der Waals surface area contributed by atoms with Crippen molar-refractivity contribution in [3.63, 3.8) is 0 Å². The number of aryl methyl sites for hydroxylation is 1. The molecule has 0 saturated heterocycles. The summed E-state index contributed by atoms with van der Waals surface area (Å²) in [6, 6.07) is 13.3. The van der Waals surface area contributed by atoms with Crippen molar-refractivity contribution in [2.24, 2.45) is 7.05 Å². The van der Waals surface area contributed by atoms with Gasteiger partial charge in [-0.1, -0.05) is 12.1 Å². The molecular formula is C26H21N9O. The number of pyridine rings is 3. The summed E-state index contributed by atoms with van der Waals surface area (Å²) in [5.74, 6) is 2.91. The van der Waals surface area contributed by atoms with Crippen LogP contribution in [0.4, 0.5) is 11.6 Å². The van der Waals surface area contributed by atoms with E-state index in [1.165, 1.54) is 0 Å². The van der Waals surface area contributed by atoms with E-state index in [4.69, 9.17) is 14.8 Å². The smallest absolute Gasteiger partial charge is 0.218 e. The molecule has 176 valence electrons. The van der Waals surface area contributed by atoms with Gasteiger partial charge in [-0.05, 0) is 24.3 Å². The molecular weight excluding hydrogens is 454 g/mol. The van der Waals surface area contributed by atoms with Gasteiger partial charge in [-0.15, -0.1) is 5.10 Å². The van der Waals surface area contributed by atoms with Crippen molar-refractivity contribution in [3.05, 3.63) is 85.8 Å². The van der Waals surface area contributed by atoms with Crippen LogP contribution in [0, 0.1) is 0 Å². The van der Waals surface area contributed by atoms with Gasteiger partial charge in [0.1, 0.15) is 17.1 Å². The highest BCUT2D eigenvalue weighted by Crippen LogP contribution is 2.39. The third-order valence-corrected chi connectivity index (χ3v) is 5.76. The Kier molecular flexibility index (Phi) is 5.30. The molecule has 0 aromatic carbocycles. The van der Waals surface area contributed by atoms with E-state index in [0.29, 0.717) is 29.0 Å². The van der Waals surface area contributed by atoms with Crippen LogP contribution in [0.25, 0.3) is 39.5 Å². The van der Waals surface area contributed by atoms with Crippen LogP contribution in [0.3, 0.4) is 0 Å². The maximum atomic E-state index is 5.39. The summed E-state index contributed by atoms with van der Waals surface area (Å²) in [7, 11) is 3.52. The van der Waals surface area contributed by atoms with Gasteiger partial charge in [0.05, 0.1) is 12.8 Å². The Labute approximate surface area is 206 Å². The number of hydrogen-bond acceptors (Lipinski definition) is 8. The van der Waals surface area contributed by atoms with Crippen molar-refractivity contribution in [3.8, 4) is 39.8 Å². The first-order chi connectivity index (χ1) is 17.7. The molecule has 0 aliphatic rings. The van der Waals surface area contributed by atoms with E-state index < -0.39 is 0 Å². The van der Waals surface area contributed by atoms with Gasteiger partial charge in [-0.2, -0.15) is 0 Å². The number of ether oxygens (including phenoxy) is 1. The lowest BCUT2D eigenvalue weighted by molar-refractivity contribution is 0.414. The summed E-state index contributed by atoms with van der Waals surface area (Å²) >= 11 is 0. The number of nitrogens with zero attached hydrogens (tertiary/aromatic N) is 8. The molecule has 0 atom stereocenters. The van der Waals surface area contributed by atoms with E-state index in [2.05, 4.69) is 25.3 Å². The predicted molar refractivity (Wildman–Crippen MR) is 136 cm³/mol. The van der Waals surface area contributed by atoms with E-state index >= 15 is 0 Å². The maximum absolute atomic E-state index is 5.39. The molecule has 0 fully saturated rings. The minimum atomic E-state index is 0.459. The van der Waals surface area contributed by atoms with Crippen LogP contribution in [0.1, 0.15) is 0 Å². The second-order valence-corrected chi connectivity index (χ2v) is 8.02. The van der Waals surface area contributed by atoms with Gasteiger partial charge in [-0.3, -0.25) is 9.97 Å². The average Bonchev–Trinajstić information content (AvgIpc) is 3.53. The van der Waals surface area contributed by atoms with Crippen LogP contribution in [0.2, 0.25) is 0 Å². The number of rotatable bonds is 6. The Morgan fingerprint density at radius 2 is 1.89 bits per heavy atom. The standard InChI is InChI=1S/C26H21N9O/c1-34-13-12-30-26(34)25-32-24(31-21-14-18(36-2)8-11-29-21)23-22(20-7-3-4-10-28-20)19(16-35(23)33-25)17-6-5-9-27-15-17/h3-16H,1-2H3,(H,29,31,32,33). The van der Waals surface area contributed by atoms with Crippen LogP contribution in [-0.4, -0.2) is 46.2 Å². The van der Waals surface area contributed by atoms with Crippen LogP contribution in [-0.2, 0) is 7.05 Å². The van der Waals surface area contributed by atoms with Crippen molar-refractivity contribution in [1.29, 1.82) is 0 Å².